The Morgan fingerprint density at radius 2 is 2.57 bits per heavy atom. The van der Waals surface area contributed by atoms with E-state index in [4.69, 9.17) is 0 Å². The Morgan fingerprint density at radius 1 is 2.00 bits per heavy atom. The molecule has 0 aliphatic rings. The Labute approximate surface area is 43.2 Å². The molecule has 2 heteroatoms. The molecule has 0 bridgehead atoms. The van der Waals surface area contributed by atoms with Gasteiger partial charge in [-0.3, -0.25) is 0 Å². The van der Waals surface area contributed by atoms with Crippen LogP contribution in [0.2, 0.25) is 0 Å². The van der Waals surface area contributed by atoms with E-state index < -0.39 is 0 Å². The summed E-state index contributed by atoms with van der Waals surface area (Å²) >= 11 is 0. The van der Waals surface area contributed by atoms with Gasteiger partial charge in [0.2, 0.25) is 0 Å². The molecule has 7 heavy (non-hydrogen) atoms. The molecule has 0 unspecified atom stereocenters. The zero-order chi connectivity index (χ0) is 5.70. The number of nitroso groups, excluding NO2 is 1. The van der Waals surface area contributed by atoms with Crippen molar-refractivity contribution in [2.75, 3.05) is 6.54 Å². The van der Waals surface area contributed by atoms with Crippen LogP contribution in [0.4, 0.5) is 0 Å². The maximum absolute atomic E-state index is 9.48. The molecule has 0 saturated carbocycles. The molecule has 0 saturated heterocycles. The van der Waals surface area contributed by atoms with Crippen molar-refractivity contribution >= 4 is 0 Å². The van der Waals surface area contributed by atoms with Gasteiger partial charge in [-0.1, -0.05) is 18.2 Å². The Morgan fingerprint density at radius 3 is 2.71 bits per heavy atom. The highest BCUT2D eigenvalue weighted by Gasteiger charge is 1.90. The van der Waals surface area contributed by atoms with Gasteiger partial charge >= 0.3 is 0 Å². The van der Waals surface area contributed by atoms with Gasteiger partial charge in [-0.05, 0) is 5.92 Å². The molecule has 40 valence electrons. The van der Waals surface area contributed by atoms with Crippen molar-refractivity contribution in [3.05, 3.63) is 17.6 Å². The van der Waals surface area contributed by atoms with Crippen molar-refractivity contribution in [3.8, 4) is 0 Å². The van der Waals surface area contributed by atoms with E-state index in [1.807, 2.05) is 6.92 Å². The predicted molar refractivity (Wildman–Crippen MR) is 30.0 cm³/mol. The molecule has 0 heterocycles. The summed E-state index contributed by atoms with van der Waals surface area (Å²) in [4.78, 5) is 9.48. The SMILES string of the molecule is C=C[C@@H](C)CN=O. The van der Waals surface area contributed by atoms with Gasteiger partial charge in [-0.2, -0.15) is 4.91 Å². The quantitative estimate of drug-likeness (QED) is 0.390. The minimum absolute atomic E-state index is 0.234. The lowest BCUT2D eigenvalue weighted by Crippen LogP contribution is -1.90. The number of hydrogen-bond acceptors (Lipinski definition) is 2. The van der Waals surface area contributed by atoms with Crippen LogP contribution in [0.15, 0.2) is 17.8 Å². The highest BCUT2D eigenvalue weighted by molar-refractivity contribution is 4.75. The molecule has 0 N–H and O–H groups in total. The molecule has 0 aliphatic heterocycles. The smallest absolute Gasteiger partial charge is 0.0870 e. The van der Waals surface area contributed by atoms with E-state index in [9.17, 15) is 4.91 Å². The molecule has 0 aromatic carbocycles. The summed E-state index contributed by atoms with van der Waals surface area (Å²) < 4.78 is 0. The summed E-state index contributed by atoms with van der Waals surface area (Å²) in [6.07, 6.45) is 1.71. The third kappa shape index (κ3) is 3.16. The molecule has 0 fully saturated rings. The van der Waals surface area contributed by atoms with Crippen LogP contribution in [0.1, 0.15) is 6.92 Å². The molecule has 0 aromatic rings. The van der Waals surface area contributed by atoms with E-state index in [0.717, 1.165) is 0 Å². The summed E-state index contributed by atoms with van der Waals surface area (Å²) in [6.45, 7) is 5.73. The maximum atomic E-state index is 9.48. The van der Waals surface area contributed by atoms with Crippen LogP contribution >= 0.6 is 0 Å². The lowest BCUT2D eigenvalue weighted by molar-refractivity contribution is 0.739. The summed E-state index contributed by atoms with van der Waals surface area (Å²) in [5.41, 5.74) is 0. The minimum Gasteiger partial charge on any atom is -0.151 e. The minimum atomic E-state index is 0.234. The molecule has 0 rings (SSSR count). The fraction of sp³-hybridized carbons (Fsp3) is 0.600. The average molecular weight is 99.1 g/mol. The fourth-order valence-corrected chi connectivity index (χ4v) is 0.192. The second kappa shape index (κ2) is 3.53. The lowest BCUT2D eigenvalue weighted by atomic mass is 10.2. The first-order chi connectivity index (χ1) is 3.31. The van der Waals surface area contributed by atoms with E-state index >= 15 is 0 Å². The highest BCUT2D eigenvalue weighted by Crippen LogP contribution is 1.93. The third-order valence-corrected chi connectivity index (χ3v) is 0.765. The van der Waals surface area contributed by atoms with Gasteiger partial charge in [0, 0.05) is 0 Å². The van der Waals surface area contributed by atoms with Crippen molar-refractivity contribution in [1.29, 1.82) is 0 Å². The molecule has 0 aromatic heterocycles. The van der Waals surface area contributed by atoms with Crippen molar-refractivity contribution in [2.45, 2.75) is 6.92 Å². The van der Waals surface area contributed by atoms with Crippen LogP contribution in [-0.4, -0.2) is 6.54 Å². The standard InChI is InChI=1S/C5H9NO/c1-3-5(2)4-6-7/h3,5H,1,4H2,2H3/t5-/m1/s1. The van der Waals surface area contributed by atoms with E-state index in [0.29, 0.717) is 6.54 Å². The van der Waals surface area contributed by atoms with Gasteiger partial charge in [-0.15, -0.1) is 6.58 Å². The Hall–Kier alpha value is -0.660. The van der Waals surface area contributed by atoms with Gasteiger partial charge in [-0.25, -0.2) is 0 Å². The normalized spacial score (nSPS) is 12.7. The summed E-state index contributed by atoms with van der Waals surface area (Å²) in [7, 11) is 0. The first-order valence-electron chi connectivity index (χ1n) is 2.23. The Bertz CT molecular complexity index is 70.5. The first-order valence-corrected chi connectivity index (χ1v) is 2.23. The number of nitrogens with zero attached hydrogens (tertiary/aromatic N) is 1. The van der Waals surface area contributed by atoms with Crippen molar-refractivity contribution in [2.24, 2.45) is 11.1 Å². The second-order valence-electron chi connectivity index (χ2n) is 1.52. The largest absolute Gasteiger partial charge is 0.151 e. The molecule has 0 aliphatic carbocycles. The van der Waals surface area contributed by atoms with Crippen molar-refractivity contribution < 1.29 is 0 Å². The predicted octanol–water partition coefficient (Wildman–Crippen LogP) is 1.57. The molecular weight excluding hydrogens is 90.1 g/mol. The van der Waals surface area contributed by atoms with Crippen molar-refractivity contribution in [1.82, 2.24) is 0 Å². The van der Waals surface area contributed by atoms with Gasteiger partial charge in [0.1, 0.15) is 0 Å². The van der Waals surface area contributed by atoms with Gasteiger partial charge in [0.25, 0.3) is 0 Å². The molecule has 1 atom stereocenters. The Kier molecular flexibility index (Phi) is 3.19. The van der Waals surface area contributed by atoms with E-state index in [2.05, 4.69) is 11.8 Å². The van der Waals surface area contributed by atoms with E-state index in [-0.39, 0.29) is 5.92 Å². The molecule has 0 radical (unpaired) electrons. The van der Waals surface area contributed by atoms with Gasteiger partial charge in [0.05, 0.1) is 6.54 Å². The van der Waals surface area contributed by atoms with Crippen LogP contribution in [0.5, 0.6) is 0 Å². The fourth-order valence-electron chi connectivity index (χ4n) is 0.192. The summed E-state index contributed by atoms with van der Waals surface area (Å²) in [5.74, 6) is 0.234. The molecule has 0 amide bonds. The van der Waals surface area contributed by atoms with Crippen LogP contribution in [0.3, 0.4) is 0 Å². The van der Waals surface area contributed by atoms with Crippen LogP contribution in [-0.2, 0) is 0 Å². The monoisotopic (exact) mass is 99.1 g/mol. The second-order valence-corrected chi connectivity index (χ2v) is 1.52. The van der Waals surface area contributed by atoms with Crippen LogP contribution in [0, 0.1) is 10.8 Å². The molecular formula is C5H9NO. The topological polar surface area (TPSA) is 29.4 Å². The lowest BCUT2D eigenvalue weighted by Gasteiger charge is -1.92. The number of rotatable bonds is 3. The van der Waals surface area contributed by atoms with Gasteiger partial charge in [0.15, 0.2) is 0 Å². The highest BCUT2D eigenvalue weighted by atomic mass is 16.3. The summed E-state index contributed by atoms with van der Waals surface area (Å²) in [5, 5.41) is 2.69. The zero-order valence-corrected chi connectivity index (χ0v) is 4.42. The average Bonchev–Trinajstić information content (AvgIpc) is 1.68. The van der Waals surface area contributed by atoms with E-state index in [1.165, 1.54) is 0 Å². The van der Waals surface area contributed by atoms with Crippen LogP contribution in [0.25, 0.3) is 0 Å². The summed E-state index contributed by atoms with van der Waals surface area (Å²) in [6, 6.07) is 0. The maximum Gasteiger partial charge on any atom is 0.0870 e. The molecule has 2 nitrogen and oxygen atoms in total. The van der Waals surface area contributed by atoms with E-state index in [1.54, 1.807) is 6.08 Å². The first kappa shape index (κ1) is 6.34. The number of hydrogen-bond donors (Lipinski definition) is 0. The van der Waals surface area contributed by atoms with Crippen molar-refractivity contribution in [3.63, 3.8) is 0 Å². The third-order valence-electron chi connectivity index (χ3n) is 0.765. The van der Waals surface area contributed by atoms with Gasteiger partial charge < -0.3 is 0 Å². The Balaban J connectivity index is 3.15. The molecule has 0 spiro atoms. The zero-order valence-electron chi connectivity index (χ0n) is 4.42. The van der Waals surface area contributed by atoms with Crippen LogP contribution < -0.4 is 0 Å².